The number of hydrogen-bond donors (Lipinski definition) is 1. The quantitative estimate of drug-likeness (QED) is 0.621. The van der Waals surface area contributed by atoms with Gasteiger partial charge in [0.25, 0.3) is 5.91 Å². The van der Waals surface area contributed by atoms with Crippen LogP contribution in [0.25, 0.3) is 0 Å². The van der Waals surface area contributed by atoms with Crippen molar-refractivity contribution in [2.45, 2.75) is 19.0 Å². The molecule has 0 saturated carbocycles. The average Bonchev–Trinajstić information content (AvgIpc) is 3.44. The fraction of sp³-hybridized carbons (Fsp3) is 0.318. The van der Waals surface area contributed by atoms with Crippen LogP contribution in [0.15, 0.2) is 59.3 Å². The molecule has 0 aliphatic carbocycles. The summed E-state index contributed by atoms with van der Waals surface area (Å²) in [7, 11) is 0. The Balaban J connectivity index is 1.47. The van der Waals surface area contributed by atoms with Crippen LogP contribution in [0.2, 0.25) is 0 Å². The molecule has 152 valence electrons. The van der Waals surface area contributed by atoms with E-state index in [1.54, 1.807) is 17.4 Å². The van der Waals surface area contributed by atoms with Crippen molar-refractivity contribution in [2.24, 2.45) is 0 Å². The molecule has 1 aliphatic rings. The monoisotopic (exact) mass is 429 g/mol. The maximum atomic E-state index is 14.2. The Hall–Kier alpha value is -2.22. The molecule has 0 radical (unpaired) electrons. The Morgan fingerprint density at radius 3 is 2.38 bits per heavy atom. The van der Waals surface area contributed by atoms with Crippen molar-refractivity contribution in [2.75, 3.05) is 31.1 Å². The Bertz CT molecular complexity index is 921. The highest BCUT2D eigenvalue weighted by Crippen LogP contribution is 2.31. The van der Waals surface area contributed by atoms with E-state index in [4.69, 9.17) is 0 Å². The van der Waals surface area contributed by atoms with Crippen molar-refractivity contribution in [3.63, 3.8) is 0 Å². The number of halogens is 1. The van der Waals surface area contributed by atoms with Gasteiger partial charge in [0.1, 0.15) is 5.82 Å². The fourth-order valence-electron chi connectivity index (χ4n) is 3.92. The number of piperazine rings is 1. The van der Waals surface area contributed by atoms with Crippen molar-refractivity contribution < 1.29 is 9.18 Å². The second-order valence-corrected chi connectivity index (χ2v) is 9.10. The summed E-state index contributed by atoms with van der Waals surface area (Å²) in [5.41, 5.74) is 0.666. The molecule has 1 amide bonds. The Morgan fingerprint density at radius 2 is 1.72 bits per heavy atom. The lowest BCUT2D eigenvalue weighted by Crippen LogP contribution is -2.52. The molecule has 0 spiro atoms. The highest BCUT2D eigenvalue weighted by molar-refractivity contribution is 7.12. The van der Waals surface area contributed by atoms with Crippen LogP contribution in [0.1, 0.15) is 27.5 Å². The zero-order valence-corrected chi connectivity index (χ0v) is 17.9. The third kappa shape index (κ3) is 4.52. The second-order valence-electron chi connectivity index (χ2n) is 7.17. The highest BCUT2D eigenvalue weighted by atomic mass is 32.1. The zero-order valence-electron chi connectivity index (χ0n) is 16.3. The maximum Gasteiger partial charge on any atom is 0.261 e. The molecule has 0 bridgehead atoms. The Morgan fingerprint density at radius 1 is 1.00 bits per heavy atom. The molecule has 2 unspecified atom stereocenters. The molecular weight excluding hydrogens is 405 g/mol. The first-order valence-corrected chi connectivity index (χ1v) is 11.5. The lowest BCUT2D eigenvalue weighted by Gasteiger charge is -2.42. The lowest BCUT2D eigenvalue weighted by molar-refractivity contribution is 0.0894. The van der Waals surface area contributed by atoms with Crippen LogP contribution in [0.3, 0.4) is 0 Å². The summed E-state index contributed by atoms with van der Waals surface area (Å²) in [6, 6.07) is 14.9. The number of nitrogens with one attached hydrogen (secondary N) is 1. The van der Waals surface area contributed by atoms with Crippen LogP contribution in [0.4, 0.5) is 10.1 Å². The van der Waals surface area contributed by atoms with Crippen molar-refractivity contribution in [1.82, 2.24) is 10.2 Å². The van der Waals surface area contributed by atoms with Crippen LogP contribution < -0.4 is 10.2 Å². The van der Waals surface area contributed by atoms with E-state index in [1.807, 2.05) is 29.6 Å². The fourth-order valence-corrected chi connectivity index (χ4v) is 5.51. The SMILES string of the molecule is CC(NC(=O)c1cccs1)C(c1cccs1)N1CCN(c2ccccc2F)CC1. The topological polar surface area (TPSA) is 35.6 Å². The number of para-hydroxylation sites is 1. The van der Waals surface area contributed by atoms with Crippen LogP contribution in [0.5, 0.6) is 0 Å². The van der Waals surface area contributed by atoms with Crippen LogP contribution in [-0.2, 0) is 0 Å². The van der Waals surface area contributed by atoms with Gasteiger partial charge in [-0.3, -0.25) is 9.69 Å². The zero-order chi connectivity index (χ0) is 20.2. The summed E-state index contributed by atoms with van der Waals surface area (Å²) in [6.45, 7) is 5.22. The number of rotatable bonds is 6. The van der Waals surface area contributed by atoms with Crippen LogP contribution in [0, 0.1) is 5.82 Å². The number of carbonyl (C=O) groups is 1. The summed E-state index contributed by atoms with van der Waals surface area (Å²) in [6.07, 6.45) is 0. The molecule has 2 aromatic heterocycles. The molecule has 1 aromatic carbocycles. The van der Waals surface area contributed by atoms with Crippen LogP contribution >= 0.6 is 22.7 Å². The third-order valence-corrected chi connectivity index (χ3v) is 7.12. The maximum absolute atomic E-state index is 14.2. The van der Waals surface area contributed by atoms with Gasteiger partial charge in [-0.1, -0.05) is 24.3 Å². The number of anilines is 1. The average molecular weight is 430 g/mol. The second kappa shape index (κ2) is 9.07. The van der Waals surface area contributed by atoms with Gasteiger partial charge in [-0.2, -0.15) is 0 Å². The van der Waals surface area contributed by atoms with Crippen LogP contribution in [-0.4, -0.2) is 43.0 Å². The summed E-state index contributed by atoms with van der Waals surface area (Å²) in [5.74, 6) is -0.202. The molecule has 1 saturated heterocycles. The Kier molecular flexibility index (Phi) is 6.28. The highest BCUT2D eigenvalue weighted by Gasteiger charge is 2.31. The van der Waals surface area contributed by atoms with Gasteiger partial charge in [-0.25, -0.2) is 4.39 Å². The standard InChI is InChI=1S/C22H24FN3OS2/c1-16(24-22(27)20-9-5-15-29-20)21(19-8-4-14-28-19)26-12-10-25(11-13-26)18-7-3-2-6-17(18)23/h2-9,14-16,21H,10-13H2,1H3,(H,24,27). The molecule has 2 atom stereocenters. The molecule has 4 nitrogen and oxygen atoms in total. The predicted molar refractivity (Wildman–Crippen MR) is 118 cm³/mol. The molecule has 7 heteroatoms. The predicted octanol–water partition coefficient (Wildman–Crippen LogP) is 4.63. The molecule has 3 heterocycles. The Labute approximate surface area is 178 Å². The van der Waals surface area contributed by atoms with E-state index in [2.05, 4.69) is 39.6 Å². The summed E-state index contributed by atoms with van der Waals surface area (Å²) in [5, 5.41) is 7.17. The van der Waals surface area contributed by atoms with Gasteiger partial charge in [-0.05, 0) is 41.9 Å². The van der Waals surface area contributed by atoms with Gasteiger partial charge in [0.2, 0.25) is 0 Å². The number of benzene rings is 1. The van der Waals surface area contributed by atoms with E-state index in [1.165, 1.54) is 22.3 Å². The van der Waals surface area contributed by atoms with Crippen molar-refractivity contribution >= 4 is 34.3 Å². The van der Waals surface area contributed by atoms with Gasteiger partial charge in [0.15, 0.2) is 0 Å². The molecule has 1 aliphatic heterocycles. The minimum Gasteiger partial charge on any atom is -0.367 e. The van der Waals surface area contributed by atoms with E-state index >= 15 is 0 Å². The van der Waals surface area contributed by atoms with Crippen molar-refractivity contribution in [3.05, 3.63) is 74.9 Å². The molecular formula is C22H24FN3OS2. The first-order chi connectivity index (χ1) is 14.1. The molecule has 29 heavy (non-hydrogen) atoms. The van der Waals surface area contributed by atoms with Gasteiger partial charge in [-0.15, -0.1) is 22.7 Å². The molecule has 4 rings (SSSR count). The molecule has 1 N–H and O–H groups in total. The molecule has 3 aromatic rings. The summed E-state index contributed by atoms with van der Waals surface area (Å²) in [4.78, 5) is 19.1. The first kappa shape index (κ1) is 20.1. The number of amides is 1. The van der Waals surface area contributed by atoms with Gasteiger partial charge >= 0.3 is 0 Å². The number of thiophene rings is 2. The minimum absolute atomic E-state index is 0.0287. The van der Waals surface area contributed by atoms with Gasteiger partial charge in [0, 0.05) is 37.1 Å². The van der Waals surface area contributed by atoms with Crippen molar-refractivity contribution in [3.8, 4) is 0 Å². The largest absolute Gasteiger partial charge is 0.367 e. The van der Waals surface area contributed by atoms with E-state index in [9.17, 15) is 9.18 Å². The summed E-state index contributed by atoms with van der Waals surface area (Å²) >= 11 is 3.17. The van der Waals surface area contributed by atoms with Gasteiger partial charge < -0.3 is 10.2 Å². The molecule has 1 fully saturated rings. The number of carbonyl (C=O) groups excluding carboxylic acids is 1. The minimum atomic E-state index is -0.174. The summed E-state index contributed by atoms with van der Waals surface area (Å²) < 4.78 is 14.2. The normalized spacial score (nSPS) is 17.1. The van der Waals surface area contributed by atoms with Gasteiger partial charge in [0.05, 0.1) is 16.6 Å². The van der Waals surface area contributed by atoms with E-state index in [0.717, 1.165) is 31.1 Å². The van der Waals surface area contributed by atoms with E-state index in [0.29, 0.717) is 5.69 Å². The van der Waals surface area contributed by atoms with E-state index < -0.39 is 0 Å². The number of hydrogen-bond acceptors (Lipinski definition) is 5. The third-order valence-electron chi connectivity index (χ3n) is 5.31. The first-order valence-electron chi connectivity index (χ1n) is 9.75. The lowest BCUT2D eigenvalue weighted by atomic mass is 10.0. The van der Waals surface area contributed by atoms with E-state index in [-0.39, 0.29) is 23.8 Å². The van der Waals surface area contributed by atoms with Crippen molar-refractivity contribution in [1.29, 1.82) is 0 Å². The number of nitrogens with zero attached hydrogens (tertiary/aromatic N) is 2. The smallest absolute Gasteiger partial charge is 0.261 e.